The summed E-state index contributed by atoms with van der Waals surface area (Å²) >= 11 is 0. The molecule has 10 N–H and O–H groups in total. The Bertz CT molecular complexity index is 3140. The number of nitrogens with zero attached hydrogens (tertiary/aromatic N) is 3. The molecule has 38 nitrogen and oxygen atoms in total. The third-order valence-corrected chi connectivity index (χ3v) is 22.7. The first-order chi connectivity index (χ1) is 60.9. The van der Waals surface area contributed by atoms with Crippen LogP contribution in [0, 0.1) is 23.7 Å². The number of hydrogen-bond acceptors (Lipinski definition) is 33. The molecule has 1 aliphatic heterocycles. The van der Waals surface area contributed by atoms with Crippen molar-refractivity contribution in [2.75, 3.05) is 148 Å². The van der Waals surface area contributed by atoms with Crippen molar-refractivity contribution in [3.05, 3.63) is 35.9 Å². The number of carbonyl (C=O) groups is 11. The third kappa shape index (κ3) is 52.0. The van der Waals surface area contributed by atoms with Gasteiger partial charge in [0.25, 0.3) is 0 Å². The van der Waals surface area contributed by atoms with Crippen LogP contribution in [0.15, 0.2) is 30.3 Å². The van der Waals surface area contributed by atoms with Crippen LogP contribution in [0.2, 0.25) is 0 Å². The number of likely N-dealkylation sites (tertiary alicyclic amines) is 1. The molecule has 1 aromatic carbocycles. The standard InChI is InChI=1S/C54H92N6O14.C15H29NO6S2.C12H22O7.C7H16O4/c1-16-35(7)49(59(12)54(68)47(33(3)4)57-53(67)48(34(5)6)58(10)11)41(69-13)29-43(63)60-28-22-25-40(60)50(71-15)36(8)52(66)56-37(9)51(38-23-19-18-20-24-38)74-45(65)30-55-42(62)26-21-27-44(64)72-32-46(70-14)73-39(17-2)31-61;1-4-12(10-17)22-15(20-2)11-21-14(19)7-5-6-13(18)16-8-9-24-23-3;1-3-9(7-13)19-12(17-2)8-18-11(16)6-4-5-10(14)15;1-3-6(4-8)11-7(5-9)10-2/h18-20,23-24,33-37,39-41,46-51,61H,16-17,21-22,25-32H2,1-15H3,(H,55,62)(H,56,66)(H,57,67);12,15,17H,4-11H2,1-3H3,(H,16,18);9,12-13H,3-8H2,1-2H3,(H,14,15);6-9H,3-5H2,1-2H3/t35-,36+,37+,39?,40-,41+,46?,47?,48-,49-,50+,51?;;;/m0.../s1. The highest BCUT2D eigenvalue weighted by Gasteiger charge is 2.44. The number of aliphatic carboxylic acids is 1. The van der Waals surface area contributed by atoms with E-state index >= 15 is 0 Å². The van der Waals surface area contributed by atoms with E-state index in [9.17, 15) is 57.8 Å². The van der Waals surface area contributed by atoms with Gasteiger partial charge in [0, 0.05) is 107 Å². The molecule has 0 aliphatic carbocycles. The van der Waals surface area contributed by atoms with Gasteiger partial charge in [0.05, 0.1) is 106 Å². The van der Waals surface area contributed by atoms with Crippen molar-refractivity contribution < 1.29 is 150 Å². The van der Waals surface area contributed by atoms with Crippen LogP contribution in [-0.4, -0.2) is 351 Å². The van der Waals surface area contributed by atoms with Crippen LogP contribution in [0.5, 0.6) is 0 Å². The molecule has 1 aliphatic rings. The number of esters is 4. The summed E-state index contributed by atoms with van der Waals surface area (Å²) < 4.78 is 74.5. The summed E-state index contributed by atoms with van der Waals surface area (Å²) in [6.45, 7) is 22.3. The molecule has 10 unspecified atom stereocenters. The van der Waals surface area contributed by atoms with Gasteiger partial charge in [-0.1, -0.05) is 135 Å². The highest BCUT2D eigenvalue weighted by Crippen LogP contribution is 2.31. The predicted octanol–water partition coefficient (Wildman–Crippen LogP) is 5.88. The second-order valence-corrected chi connectivity index (χ2v) is 34.1. The lowest BCUT2D eigenvalue weighted by molar-refractivity contribution is -0.194. The van der Waals surface area contributed by atoms with Crippen LogP contribution in [0.3, 0.4) is 0 Å². The van der Waals surface area contributed by atoms with Crippen LogP contribution in [0.1, 0.15) is 204 Å². The first kappa shape index (κ1) is 123. The number of ether oxygens (including phenoxy) is 14. The predicted molar refractivity (Wildman–Crippen MR) is 481 cm³/mol. The van der Waals surface area contributed by atoms with Crippen molar-refractivity contribution >= 4 is 86.9 Å². The zero-order valence-electron chi connectivity index (χ0n) is 80.0. The fourth-order valence-electron chi connectivity index (χ4n) is 13.3. The normalized spacial score (nSPS) is 16.5. The molecule has 1 fully saturated rings. The van der Waals surface area contributed by atoms with Gasteiger partial charge in [-0.3, -0.25) is 57.6 Å². The van der Waals surface area contributed by atoms with Gasteiger partial charge < -0.3 is 128 Å². The van der Waals surface area contributed by atoms with Gasteiger partial charge in [0.2, 0.25) is 35.4 Å². The van der Waals surface area contributed by atoms with Crippen molar-refractivity contribution in [2.45, 2.75) is 290 Å². The van der Waals surface area contributed by atoms with Gasteiger partial charge in [-0.2, -0.15) is 0 Å². The molecule has 1 aromatic rings. The largest absolute Gasteiger partial charge is 0.481 e. The molecule has 40 heteroatoms. The van der Waals surface area contributed by atoms with Crippen molar-refractivity contribution in [1.82, 2.24) is 36.0 Å². The molecule has 2 rings (SSSR count). The van der Waals surface area contributed by atoms with E-state index in [2.05, 4.69) is 21.3 Å². The Hall–Kier alpha value is -6.55. The van der Waals surface area contributed by atoms with Gasteiger partial charge in [0.1, 0.15) is 38.5 Å². The molecule has 18 atom stereocenters. The molecular formula is C88H159N7O31S2. The smallest absolute Gasteiger partial charge is 0.326 e. The average molecular weight is 1880 g/mol. The average Bonchev–Trinajstić information content (AvgIpc) is 1.05. The molecule has 0 saturated carbocycles. The summed E-state index contributed by atoms with van der Waals surface area (Å²) in [5.41, 5.74) is 0.606. The zero-order chi connectivity index (χ0) is 97.4. The van der Waals surface area contributed by atoms with Crippen molar-refractivity contribution in [3.63, 3.8) is 0 Å². The van der Waals surface area contributed by atoms with Crippen LogP contribution in [0.25, 0.3) is 0 Å². The highest BCUT2D eigenvalue weighted by molar-refractivity contribution is 8.76. The maximum atomic E-state index is 14.5. The lowest BCUT2D eigenvalue weighted by Gasteiger charge is -2.41. The maximum absolute atomic E-state index is 14.5. The molecule has 128 heavy (non-hydrogen) atoms. The molecule has 1 heterocycles. The number of aliphatic hydroxyl groups is 5. The fraction of sp³-hybridized carbons (Fsp3) is 0.807. The molecule has 6 amide bonds. The number of carbonyl (C=O) groups excluding carboxylic acids is 10. The van der Waals surface area contributed by atoms with Crippen LogP contribution >= 0.6 is 21.6 Å². The number of carboxylic acids is 1. The highest BCUT2D eigenvalue weighted by atomic mass is 33.1. The number of benzene rings is 1. The molecule has 1 saturated heterocycles. The van der Waals surface area contributed by atoms with E-state index in [0.717, 1.165) is 5.75 Å². The summed E-state index contributed by atoms with van der Waals surface area (Å²) in [5, 5.41) is 64.5. The van der Waals surface area contributed by atoms with E-state index in [4.69, 9.17) is 91.8 Å². The third-order valence-electron chi connectivity index (χ3n) is 20.9. The van der Waals surface area contributed by atoms with E-state index in [1.807, 2.05) is 94.5 Å². The number of hydrogen-bond donors (Lipinski definition) is 10. The molecule has 0 aromatic heterocycles. The minimum atomic E-state index is -0.946. The Balaban J connectivity index is 0. The first-order valence-electron chi connectivity index (χ1n) is 44.2. The molecule has 0 spiro atoms. The Morgan fingerprint density at radius 1 is 0.531 bits per heavy atom. The number of aliphatic hydroxyl groups excluding tert-OH is 5. The number of rotatable bonds is 66. The topological polar surface area (TPSA) is 496 Å². The minimum absolute atomic E-state index is 0.0105. The van der Waals surface area contributed by atoms with Gasteiger partial charge >= 0.3 is 29.8 Å². The first-order valence-corrected chi connectivity index (χ1v) is 46.9. The van der Waals surface area contributed by atoms with Crippen molar-refractivity contribution in [1.29, 1.82) is 0 Å². The molecule has 744 valence electrons. The summed E-state index contributed by atoms with van der Waals surface area (Å²) in [7, 11) is 17.5. The van der Waals surface area contributed by atoms with Gasteiger partial charge in [-0.05, 0) is 108 Å². The molecule has 0 radical (unpaired) electrons. The Morgan fingerprint density at radius 2 is 0.984 bits per heavy atom. The van der Waals surface area contributed by atoms with Gasteiger partial charge in [0.15, 0.2) is 25.2 Å². The SMILES string of the molecule is CCC(CO)OC(CO)OC.CCC(CO)OC(COC(=O)CCCC(=O)NCC(=O)OC(c1ccccc1)[C@@H](C)NC(=O)[C@H](C)[C@@H](OC)[C@@H]1CCCN1C(=O)C[C@@H](OC)[C@H]([C@@H](C)CC)N(C)C(=O)C(NC(=O)[C@H](C(C)C)N(C)C)C(C)C)OC.CCC(CO)OC(COC(=O)CCCC(=O)NCCSSC)OC.CCC(CO)OC(COC(=O)CCCC(=O)O)OC. The van der Waals surface area contributed by atoms with E-state index in [1.54, 1.807) is 82.6 Å². The number of carboxylic acid groups (broad SMARTS) is 1. The second-order valence-electron chi connectivity index (χ2n) is 31.4. The van der Waals surface area contributed by atoms with E-state index in [-0.39, 0.29) is 164 Å². The lowest BCUT2D eigenvalue weighted by Crippen LogP contribution is -2.59. The van der Waals surface area contributed by atoms with Gasteiger partial charge in [-0.25, -0.2) is 0 Å². The second kappa shape index (κ2) is 73.9. The number of methoxy groups -OCH3 is 6. The monoisotopic (exact) mass is 1870 g/mol. The summed E-state index contributed by atoms with van der Waals surface area (Å²) in [6.07, 6.45) is 0.855. The van der Waals surface area contributed by atoms with Crippen LogP contribution < -0.4 is 21.3 Å². The fourth-order valence-corrected chi connectivity index (χ4v) is 14.4. The quantitative estimate of drug-likeness (QED) is 0.0120. The Morgan fingerprint density at radius 3 is 1.37 bits per heavy atom. The number of likely N-dealkylation sites (N-methyl/N-ethyl adjacent to an activating group) is 2. The number of amides is 6. The van der Waals surface area contributed by atoms with Crippen molar-refractivity contribution in [2.24, 2.45) is 23.7 Å². The molecule has 0 bridgehead atoms. The Labute approximate surface area is 767 Å². The van der Waals surface area contributed by atoms with E-state index in [1.165, 1.54) is 42.7 Å². The zero-order valence-corrected chi connectivity index (χ0v) is 81.6. The number of nitrogens with one attached hydrogen (secondary N) is 4. The van der Waals surface area contributed by atoms with E-state index < -0.39 is 134 Å². The minimum Gasteiger partial charge on any atom is -0.481 e. The van der Waals surface area contributed by atoms with Gasteiger partial charge in [-0.15, -0.1) is 0 Å². The summed E-state index contributed by atoms with van der Waals surface area (Å²) in [4.78, 5) is 145. The van der Waals surface area contributed by atoms with Crippen LogP contribution in [-0.2, 0) is 119 Å². The Kier molecular flexibility index (Phi) is 71.3. The molecular weight excluding hydrogens is 1720 g/mol. The van der Waals surface area contributed by atoms with Crippen molar-refractivity contribution in [3.8, 4) is 0 Å². The maximum Gasteiger partial charge on any atom is 0.326 e. The van der Waals surface area contributed by atoms with Crippen LogP contribution in [0.4, 0.5) is 0 Å². The lowest BCUT2D eigenvalue weighted by atomic mass is 9.89. The summed E-state index contributed by atoms with van der Waals surface area (Å²) in [5.74, 6) is -4.99. The van der Waals surface area contributed by atoms with E-state index in [0.29, 0.717) is 76.4 Å². The summed E-state index contributed by atoms with van der Waals surface area (Å²) in [6, 6.07) is 5.92.